The second-order valence-electron chi connectivity index (χ2n) is 5.99. The van der Waals surface area contributed by atoms with Gasteiger partial charge in [-0.1, -0.05) is 6.92 Å². The predicted molar refractivity (Wildman–Crippen MR) is 82.5 cm³/mol. The molecule has 1 aliphatic heterocycles. The summed E-state index contributed by atoms with van der Waals surface area (Å²) < 4.78 is 28.7. The first kappa shape index (κ1) is 15.1. The first-order chi connectivity index (χ1) is 10.4. The molecule has 0 amide bonds. The highest BCUT2D eigenvalue weighted by molar-refractivity contribution is 7.90. The van der Waals surface area contributed by atoms with Crippen LogP contribution in [0.2, 0.25) is 0 Å². The molecule has 1 fully saturated rings. The maximum absolute atomic E-state index is 11.6. The van der Waals surface area contributed by atoms with E-state index in [1.807, 2.05) is 0 Å². The monoisotopic (exact) mass is 322 g/mol. The number of rotatable bonds is 4. The van der Waals surface area contributed by atoms with Crippen molar-refractivity contribution in [1.82, 2.24) is 15.0 Å². The molecule has 3 heterocycles. The van der Waals surface area contributed by atoms with Gasteiger partial charge in [-0.15, -0.1) is 0 Å². The largest absolute Gasteiger partial charge is 0.381 e. The molecule has 1 unspecified atom stereocenters. The Hall–Kier alpha value is -1.80. The van der Waals surface area contributed by atoms with Gasteiger partial charge in [0.05, 0.1) is 6.61 Å². The van der Waals surface area contributed by atoms with Crippen LogP contribution in [0.3, 0.4) is 0 Å². The molecular weight excluding hydrogens is 304 g/mol. The quantitative estimate of drug-likeness (QED) is 0.847. The molecule has 1 saturated heterocycles. The maximum Gasteiger partial charge on any atom is 0.247 e. The Morgan fingerprint density at radius 1 is 1.41 bits per heavy atom. The number of anilines is 1. The fraction of sp³-hybridized carbons (Fsp3) is 0.500. The van der Waals surface area contributed by atoms with E-state index in [0.29, 0.717) is 24.5 Å². The number of pyridine rings is 1. The van der Waals surface area contributed by atoms with Crippen LogP contribution in [-0.2, 0) is 14.6 Å². The van der Waals surface area contributed by atoms with Crippen LogP contribution in [0, 0.1) is 5.41 Å². The van der Waals surface area contributed by atoms with E-state index in [4.69, 9.17) is 4.74 Å². The lowest BCUT2D eigenvalue weighted by Gasteiger charge is -2.22. The molecule has 0 aromatic carbocycles. The SMILES string of the molecule is CC1(CNc2nccc3cnc(S(C)(=O)=O)nc23)CCOC1. The Morgan fingerprint density at radius 3 is 2.91 bits per heavy atom. The average Bonchev–Trinajstić information content (AvgIpc) is 2.91. The van der Waals surface area contributed by atoms with Gasteiger partial charge in [-0.05, 0) is 12.5 Å². The van der Waals surface area contributed by atoms with Crippen LogP contribution >= 0.6 is 0 Å². The number of aromatic nitrogens is 3. The molecule has 0 aliphatic carbocycles. The lowest BCUT2D eigenvalue weighted by Crippen LogP contribution is -2.27. The van der Waals surface area contributed by atoms with Gasteiger partial charge in [-0.3, -0.25) is 0 Å². The van der Waals surface area contributed by atoms with Crippen LogP contribution in [0.25, 0.3) is 10.9 Å². The minimum atomic E-state index is -3.45. The van der Waals surface area contributed by atoms with Crippen molar-refractivity contribution in [2.75, 3.05) is 31.3 Å². The average molecular weight is 322 g/mol. The number of hydrogen-bond donors (Lipinski definition) is 1. The minimum absolute atomic E-state index is 0.0521. The van der Waals surface area contributed by atoms with E-state index in [-0.39, 0.29) is 10.6 Å². The Bertz CT molecular complexity index is 801. The highest BCUT2D eigenvalue weighted by atomic mass is 32.2. The highest BCUT2D eigenvalue weighted by Crippen LogP contribution is 2.29. The maximum atomic E-state index is 11.6. The minimum Gasteiger partial charge on any atom is -0.381 e. The molecule has 7 nitrogen and oxygen atoms in total. The summed E-state index contributed by atoms with van der Waals surface area (Å²) in [7, 11) is -3.45. The number of ether oxygens (including phenoxy) is 1. The van der Waals surface area contributed by atoms with Crippen LogP contribution in [0.1, 0.15) is 13.3 Å². The number of hydrogen-bond acceptors (Lipinski definition) is 7. The van der Waals surface area contributed by atoms with E-state index >= 15 is 0 Å². The van der Waals surface area contributed by atoms with Crippen LogP contribution in [0.4, 0.5) is 5.82 Å². The third-order valence-electron chi connectivity index (χ3n) is 3.79. The van der Waals surface area contributed by atoms with Crippen LogP contribution in [0.5, 0.6) is 0 Å². The van der Waals surface area contributed by atoms with Gasteiger partial charge in [0.25, 0.3) is 0 Å². The van der Waals surface area contributed by atoms with Crippen molar-refractivity contribution >= 4 is 26.6 Å². The van der Waals surface area contributed by atoms with Gasteiger partial charge in [0.1, 0.15) is 5.52 Å². The van der Waals surface area contributed by atoms with Crippen molar-refractivity contribution < 1.29 is 13.2 Å². The summed E-state index contributed by atoms with van der Waals surface area (Å²) in [5.74, 6) is 0.568. The summed E-state index contributed by atoms with van der Waals surface area (Å²) in [4.78, 5) is 12.3. The van der Waals surface area contributed by atoms with Crippen molar-refractivity contribution in [1.29, 1.82) is 0 Å². The summed E-state index contributed by atoms with van der Waals surface area (Å²) in [5, 5.41) is 3.83. The normalized spacial score (nSPS) is 22.1. The molecule has 0 saturated carbocycles. The van der Waals surface area contributed by atoms with Gasteiger partial charge in [0.15, 0.2) is 5.82 Å². The second kappa shape index (κ2) is 5.44. The molecule has 0 spiro atoms. The standard InChI is InChI=1S/C14H18N4O3S/c1-14(4-6-21-9-14)8-17-12-11-10(3-5-15-12)7-16-13(18-11)22(2,19)20/h3,5,7H,4,6,8-9H2,1-2H3,(H,15,17). The lowest BCUT2D eigenvalue weighted by atomic mass is 9.90. The third-order valence-corrected chi connectivity index (χ3v) is 4.65. The predicted octanol–water partition coefficient (Wildman–Crippen LogP) is 1.27. The zero-order valence-corrected chi connectivity index (χ0v) is 13.4. The molecule has 2 aromatic heterocycles. The van der Waals surface area contributed by atoms with Gasteiger partial charge in [0.2, 0.25) is 15.0 Å². The highest BCUT2D eigenvalue weighted by Gasteiger charge is 2.29. The van der Waals surface area contributed by atoms with Gasteiger partial charge in [-0.25, -0.2) is 23.4 Å². The summed E-state index contributed by atoms with van der Waals surface area (Å²) in [5.41, 5.74) is 0.566. The molecule has 0 radical (unpaired) electrons. The van der Waals surface area contributed by atoms with E-state index < -0.39 is 9.84 Å². The number of nitrogens with one attached hydrogen (secondary N) is 1. The smallest absolute Gasteiger partial charge is 0.247 e. The van der Waals surface area contributed by atoms with Gasteiger partial charge < -0.3 is 10.1 Å². The molecule has 3 rings (SSSR count). The zero-order valence-electron chi connectivity index (χ0n) is 12.5. The molecule has 1 atom stereocenters. The number of nitrogens with zero attached hydrogens (tertiary/aromatic N) is 3. The van der Waals surface area contributed by atoms with Gasteiger partial charge >= 0.3 is 0 Å². The fourth-order valence-corrected chi connectivity index (χ4v) is 2.89. The first-order valence-corrected chi connectivity index (χ1v) is 8.90. The molecule has 1 aliphatic rings. The van der Waals surface area contributed by atoms with Crippen molar-refractivity contribution in [2.24, 2.45) is 5.41 Å². The van der Waals surface area contributed by atoms with E-state index in [1.54, 1.807) is 12.3 Å². The van der Waals surface area contributed by atoms with Gasteiger partial charge in [0, 0.05) is 42.6 Å². The molecule has 0 bridgehead atoms. The van der Waals surface area contributed by atoms with Crippen LogP contribution in [-0.4, -0.2) is 49.4 Å². The second-order valence-corrected chi connectivity index (χ2v) is 7.90. The third kappa shape index (κ3) is 3.02. The molecular formula is C14H18N4O3S. The summed E-state index contributed by atoms with van der Waals surface area (Å²) in [6.45, 7) is 4.31. The van der Waals surface area contributed by atoms with E-state index in [9.17, 15) is 8.42 Å². The van der Waals surface area contributed by atoms with Crippen LogP contribution < -0.4 is 5.32 Å². The Morgan fingerprint density at radius 2 is 2.23 bits per heavy atom. The molecule has 1 N–H and O–H groups in total. The summed E-state index contributed by atoms with van der Waals surface area (Å²) in [6, 6.07) is 1.76. The van der Waals surface area contributed by atoms with E-state index in [0.717, 1.165) is 24.7 Å². The number of sulfone groups is 1. The van der Waals surface area contributed by atoms with Crippen LogP contribution in [0.15, 0.2) is 23.6 Å². The van der Waals surface area contributed by atoms with E-state index in [2.05, 4.69) is 27.2 Å². The topological polar surface area (TPSA) is 94.1 Å². The van der Waals surface area contributed by atoms with Gasteiger partial charge in [-0.2, -0.15) is 0 Å². The molecule has 8 heteroatoms. The first-order valence-electron chi connectivity index (χ1n) is 7.01. The van der Waals surface area contributed by atoms with Crippen molar-refractivity contribution in [2.45, 2.75) is 18.5 Å². The number of fused-ring (bicyclic) bond motifs is 1. The van der Waals surface area contributed by atoms with Crippen molar-refractivity contribution in [3.05, 3.63) is 18.5 Å². The van der Waals surface area contributed by atoms with Crippen molar-refractivity contribution in [3.63, 3.8) is 0 Å². The Labute approximate surface area is 129 Å². The molecule has 2 aromatic rings. The Kier molecular flexibility index (Phi) is 3.73. The lowest BCUT2D eigenvalue weighted by molar-refractivity contribution is 0.164. The summed E-state index contributed by atoms with van der Waals surface area (Å²) in [6.07, 6.45) is 5.23. The fourth-order valence-electron chi connectivity index (χ4n) is 2.39. The summed E-state index contributed by atoms with van der Waals surface area (Å²) >= 11 is 0. The molecule has 118 valence electrons. The Balaban J connectivity index is 1.94. The van der Waals surface area contributed by atoms with E-state index in [1.165, 1.54) is 6.20 Å². The zero-order chi connectivity index (χ0) is 15.8. The van der Waals surface area contributed by atoms with Crippen molar-refractivity contribution in [3.8, 4) is 0 Å². The molecule has 22 heavy (non-hydrogen) atoms.